The van der Waals surface area contributed by atoms with Crippen LogP contribution in [0.25, 0.3) is 16.8 Å². The highest BCUT2D eigenvalue weighted by atomic mass is 16.6. The van der Waals surface area contributed by atoms with Gasteiger partial charge in [-0.3, -0.25) is 4.79 Å². The van der Waals surface area contributed by atoms with Crippen LogP contribution in [0.5, 0.6) is 11.5 Å². The minimum absolute atomic E-state index is 0.102. The predicted octanol–water partition coefficient (Wildman–Crippen LogP) is 0.176. The van der Waals surface area contributed by atoms with E-state index in [1.165, 1.54) is 31.2 Å². The molecule has 0 saturated heterocycles. The Balaban J connectivity index is 1.91. The molecule has 1 aliphatic carbocycles. The molecule has 0 aromatic heterocycles. The number of aryl methyl sites for hydroxylation is 1. The van der Waals surface area contributed by atoms with Crippen LogP contribution >= 0.6 is 0 Å². The van der Waals surface area contributed by atoms with Crippen LogP contribution in [0, 0.1) is 6.92 Å². The quantitative estimate of drug-likeness (QED) is 0.280. The molecule has 10 nitrogen and oxygen atoms in total. The number of carbonyl (C=O) groups excluding carboxylic acids is 1. The largest absolute Gasteiger partial charge is 0.508 e. The van der Waals surface area contributed by atoms with E-state index in [1.54, 1.807) is 0 Å². The predicted molar refractivity (Wildman–Crippen MR) is 111 cm³/mol. The van der Waals surface area contributed by atoms with Crippen molar-refractivity contribution in [3.05, 3.63) is 51.7 Å². The first-order valence-electron chi connectivity index (χ1n) is 9.64. The first-order chi connectivity index (χ1) is 14.9. The van der Waals surface area contributed by atoms with Crippen molar-refractivity contribution < 1.29 is 45.0 Å². The van der Waals surface area contributed by atoms with Gasteiger partial charge in [0, 0.05) is 29.9 Å². The molecule has 170 valence electrons. The molecule has 0 spiro atoms. The summed E-state index contributed by atoms with van der Waals surface area (Å²) >= 11 is 0. The van der Waals surface area contributed by atoms with Gasteiger partial charge in [0.25, 0.3) is 0 Å². The number of esters is 1. The Bertz CT molecular complexity index is 1170. The maximum absolute atomic E-state index is 12.3. The molecule has 0 amide bonds. The lowest BCUT2D eigenvalue weighted by Gasteiger charge is -2.39. The normalized spacial score (nSPS) is 25.7. The number of aliphatic carboxylic acids is 1. The number of carboxylic acid groups (broad SMARTS) is 1. The molecule has 0 bridgehead atoms. The van der Waals surface area contributed by atoms with Gasteiger partial charge in [-0.05, 0) is 36.1 Å². The van der Waals surface area contributed by atoms with Gasteiger partial charge in [-0.15, -0.1) is 0 Å². The van der Waals surface area contributed by atoms with Gasteiger partial charge in [0.15, 0.2) is 11.4 Å². The Kier molecular flexibility index (Phi) is 6.22. The number of fused-ring (bicyclic) bond motifs is 1. The second-order valence-electron chi connectivity index (χ2n) is 7.75. The Morgan fingerprint density at radius 2 is 1.88 bits per heavy atom. The lowest BCUT2D eigenvalue weighted by Crippen LogP contribution is -2.57. The van der Waals surface area contributed by atoms with Gasteiger partial charge in [-0.25, -0.2) is 9.59 Å². The third kappa shape index (κ3) is 4.28. The minimum atomic E-state index is -2.37. The van der Waals surface area contributed by atoms with Gasteiger partial charge < -0.3 is 35.4 Å². The number of phenolic OH excluding ortho intramolecular Hbond substituents is 1. The number of benzene rings is 1. The van der Waals surface area contributed by atoms with Crippen LogP contribution in [0.3, 0.4) is 0 Å². The summed E-state index contributed by atoms with van der Waals surface area (Å²) in [5.41, 5.74) is -2.50. The lowest BCUT2D eigenvalue weighted by molar-refractivity contribution is -0.196. The zero-order valence-electron chi connectivity index (χ0n) is 16.9. The highest BCUT2D eigenvalue weighted by Gasteiger charge is 2.50. The number of phenols is 1. The summed E-state index contributed by atoms with van der Waals surface area (Å²) < 4.78 is 5.05. The van der Waals surface area contributed by atoms with Gasteiger partial charge >= 0.3 is 11.9 Å². The van der Waals surface area contributed by atoms with Crippen molar-refractivity contribution in [2.75, 3.05) is 0 Å². The highest BCUT2D eigenvalue weighted by Crippen LogP contribution is 2.34. The van der Waals surface area contributed by atoms with Gasteiger partial charge in [0.2, 0.25) is 5.43 Å². The summed E-state index contributed by atoms with van der Waals surface area (Å²) in [4.78, 5) is 35.5. The fourth-order valence-corrected chi connectivity index (χ4v) is 3.75. The van der Waals surface area contributed by atoms with E-state index in [4.69, 9.17) is 9.84 Å². The summed E-state index contributed by atoms with van der Waals surface area (Å²) in [6.45, 7) is 1.51. The molecule has 2 aromatic rings. The molecule has 1 fully saturated rings. The first kappa shape index (κ1) is 23.2. The maximum atomic E-state index is 12.3. The van der Waals surface area contributed by atoms with E-state index in [2.05, 4.69) is 0 Å². The summed E-state index contributed by atoms with van der Waals surface area (Å²) in [6, 6.07) is 5.38. The third-order valence-electron chi connectivity index (χ3n) is 5.54. The van der Waals surface area contributed by atoms with E-state index in [9.17, 15) is 39.9 Å². The van der Waals surface area contributed by atoms with Crippen LogP contribution in [-0.4, -0.2) is 66.5 Å². The van der Waals surface area contributed by atoms with Crippen LogP contribution in [0.15, 0.2) is 35.1 Å². The Labute approximate surface area is 181 Å². The Morgan fingerprint density at radius 1 is 1.19 bits per heavy atom. The average Bonchev–Trinajstić information content (AvgIpc) is 2.86. The SMILES string of the molecule is Cc1c(O)cc(/C=C/C(=O)OC2CC(O)(C(=O)O)CC(O)C2O)c2cccc(=O)c(O)c12. The van der Waals surface area contributed by atoms with Crippen LogP contribution in [0.4, 0.5) is 0 Å². The molecule has 4 atom stereocenters. The third-order valence-corrected chi connectivity index (χ3v) is 5.54. The van der Waals surface area contributed by atoms with E-state index >= 15 is 0 Å². The number of aromatic hydroxyl groups is 2. The van der Waals surface area contributed by atoms with Crippen molar-refractivity contribution in [1.82, 2.24) is 0 Å². The number of aliphatic hydroxyl groups excluding tert-OH is 2. The fourth-order valence-electron chi connectivity index (χ4n) is 3.75. The summed E-state index contributed by atoms with van der Waals surface area (Å²) in [5, 5.41) is 60.0. The Morgan fingerprint density at radius 3 is 2.53 bits per heavy atom. The topological polar surface area (TPSA) is 182 Å². The molecule has 0 heterocycles. The summed E-state index contributed by atoms with van der Waals surface area (Å²) in [7, 11) is 0. The smallest absolute Gasteiger partial charge is 0.335 e. The van der Waals surface area contributed by atoms with Crippen LogP contribution in [-0.2, 0) is 14.3 Å². The van der Waals surface area contributed by atoms with E-state index in [0.717, 1.165) is 12.1 Å². The molecule has 10 heteroatoms. The van der Waals surface area contributed by atoms with E-state index in [1.807, 2.05) is 0 Å². The molecule has 0 aliphatic heterocycles. The highest BCUT2D eigenvalue weighted by molar-refractivity contribution is 5.99. The minimum Gasteiger partial charge on any atom is -0.508 e. The fraction of sp³-hybridized carbons (Fsp3) is 0.318. The molecular weight excluding hydrogens is 424 g/mol. The van der Waals surface area contributed by atoms with Gasteiger partial charge in [0.05, 0.1) is 6.10 Å². The number of carbonyl (C=O) groups is 2. The first-order valence-corrected chi connectivity index (χ1v) is 9.64. The molecule has 6 N–H and O–H groups in total. The second kappa shape index (κ2) is 8.58. The zero-order chi connectivity index (χ0) is 23.8. The number of carboxylic acids is 1. The van der Waals surface area contributed by atoms with E-state index < -0.39 is 59.9 Å². The molecular formula is C22H22O10. The number of aliphatic hydroxyl groups is 3. The lowest BCUT2D eigenvalue weighted by atomic mass is 9.79. The van der Waals surface area contributed by atoms with Crippen molar-refractivity contribution in [3.63, 3.8) is 0 Å². The van der Waals surface area contributed by atoms with E-state index in [-0.39, 0.29) is 22.3 Å². The van der Waals surface area contributed by atoms with Gasteiger partial charge in [0.1, 0.15) is 18.0 Å². The van der Waals surface area contributed by atoms with Crippen molar-refractivity contribution in [3.8, 4) is 11.5 Å². The molecule has 1 aliphatic rings. The molecule has 3 rings (SSSR count). The summed E-state index contributed by atoms with van der Waals surface area (Å²) in [5.74, 6) is -3.43. The molecule has 32 heavy (non-hydrogen) atoms. The number of ether oxygens (including phenoxy) is 1. The maximum Gasteiger partial charge on any atom is 0.335 e. The average molecular weight is 446 g/mol. The van der Waals surface area contributed by atoms with Crippen LogP contribution in [0.1, 0.15) is 24.0 Å². The van der Waals surface area contributed by atoms with Gasteiger partial charge in [-0.1, -0.05) is 12.1 Å². The molecule has 0 radical (unpaired) electrons. The van der Waals surface area contributed by atoms with Crippen molar-refractivity contribution >= 4 is 28.8 Å². The van der Waals surface area contributed by atoms with Crippen LogP contribution < -0.4 is 5.43 Å². The Hall–Kier alpha value is -3.47. The van der Waals surface area contributed by atoms with Crippen LogP contribution in [0.2, 0.25) is 0 Å². The van der Waals surface area contributed by atoms with Crippen molar-refractivity contribution in [1.29, 1.82) is 0 Å². The summed E-state index contributed by atoms with van der Waals surface area (Å²) in [6.07, 6.45) is -3.77. The zero-order valence-corrected chi connectivity index (χ0v) is 16.9. The van der Waals surface area contributed by atoms with E-state index in [0.29, 0.717) is 5.39 Å². The number of hydrogen-bond acceptors (Lipinski definition) is 9. The standard InChI is InChI=1S/C22H22O10/c1-10-14(24)7-11(12-3-2-4-13(23)20(28)18(10)12)5-6-17(26)32-16-9-22(31,21(29)30)8-15(25)19(16)27/h2-7,15-16,19,24-25,27,31H,8-9H2,1H3,(H,23,28)(H,29,30)/b6-5+. The number of rotatable bonds is 4. The molecule has 1 saturated carbocycles. The molecule has 2 aromatic carbocycles. The van der Waals surface area contributed by atoms with Crippen molar-refractivity contribution in [2.45, 2.75) is 43.7 Å². The van der Waals surface area contributed by atoms with Gasteiger partial charge in [-0.2, -0.15) is 0 Å². The number of hydrogen-bond donors (Lipinski definition) is 6. The monoisotopic (exact) mass is 446 g/mol. The second-order valence-corrected chi connectivity index (χ2v) is 7.75. The molecule has 4 unspecified atom stereocenters. The van der Waals surface area contributed by atoms with Crippen molar-refractivity contribution in [2.24, 2.45) is 0 Å².